The van der Waals surface area contributed by atoms with Gasteiger partial charge in [0.2, 0.25) is 5.91 Å². The summed E-state index contributed by atoms with van der Waals surface area (Å²) >= 11 is 0. The third-order valence-electron chi connectivity index (χ3n) is 4.57. The van der Waals surface area contributed by atoms with Gasteiger partial charge in [0.1, 0.15) is 11.6 Å². The van der Waals surface area contributed by atoms with E-state index >= 15 is 0 Å². The van der Waals surface area contributed by atoms with E-state index in [1.54, 1.807) is 19.3 Å². The van der Waals surface area contributed by atoms with Crippen molar-refractivity contribution in [3.63, 3.8) is 0 Å². The number of nitrogens with zero attached hydrogens (tertiary/aromatic N) is 2. The Morgan fingerprint density at radius 1 is 1.08 bits per heavy atom. The van der Waals surface area contributed by atoms with Crippen molar-refractivity contribution in [1.29, 1.82) is 0 Å². The molecule has 0 atom stereocenters. The van der Waals surface area contributed by atoms with Gasteiger partial charge in [-0.15, -0.1) is 0 Å². The summed E-state index contributed by atoms with van der Waals surface area (Å²) in [5.74, 6) is 0.624. The van der Waals surface area contributed by atoms with Gasteiger partial charge in [0.05, 0.1) is 7.11 Å². The van der Waals surface area contributed by atoms with Crippen molar-refractivity contribution in [2.45, 2.75) is 6.54 Å². The van der Waals surface area contributed by atoms with Crippen LogP contribution < -0.4 is 4.74 Å². The second-order valence-electron chi connectivity index (χ2n) is 6.30. The third kappa shape index (κ3) is 4.70. The number of piperazine rings is 1. The molecule has 0 aromatic heterocycles. The zero-order valence-corrected chi connectivity index (χ0v) is 14.9. The molecule has 2 aromatic carbocycles. The monoisotopic (exact) mass is 354 g/mol. The first-order chi connectivity index (χ1) is 12.7. The van der Waals surface area contributed by atoms with Crippen molar-refractivity contribution in [1.82, 2.24) is 9.80 Å². The second kappa shape index (κ2) is 8.63. The van der Waals surface area contributed by atoms with Crippen LogP contribution in [0.2, 0.25) is 0 Å². The highest BCUT2D eigenvalue weighted by atomic mass is 19.1. The van der Waals surface area contributed by atoms with E-state index in [2.05, 4.69) is 4.90 Å². The number of hydrogen-bond donors (Lipinski definition) is 0. The van der Waals surface area contributed by atoms with Gasteiger partial charge in [0.25, 0.3) is 0 Å². The topological polar surface area (TPSA) is 32.8 Å². The van der Waals surface area contributed by atoms with Crippen LogP contribution in [-0.4, -0.2) is 49.0 Å². The number of methoxy groups -OCH3 is 1. The van der Waals surface area contributed by atoms with Crippen LogP contribution >= 0.6 is 0 Å². The smallest absolute Gasteiger partial charge is 0.246 e. The highest BCUT2D eigenvalue weighted by Crippen LogP contribution is 2.14. The molecule has 0 saturated carbocycles. The summed E-state index contributed by atoms with van der Waals surface area (Å²) < 4.78 is 18.9. The van der Waals surface area contributed by atoms with Crippen LogP contribution in [0.25, 0.3) is 6.08 Å². The van der Waals surface area contributed by atoms with Crippen LogP contribution in [0.15, 0.2) is 54.6 Å². The molecule has 1 aliphatic heterocycles. The van der Waals surface area contributed by atoms with E-state index in [0.29, 0.717) is 25.2 Å². The molecule has 0 bridgehead atoms. The van der Waals surface area contributed by atoms with Gasteiger partial charge in [-0.05, 0) is 29.8 Å². The van der Waals surface area contributed by atoms with E-state index in [0.717, 1.165) is 24.4 Å². The molecule has 0 spiro atoms. The Morgan fingerprint density at radius 3 is 2.42 bits per heavy atom. The van der Waals surface area contributed by atoms with Crippen LogP contribution in [0, 0.1) is 5.82 Å². The largest absolute Gasteiger partial charge is 0.497 e. The molecule has 4 nitrogen and oxygen atoms in total. The summed E-state index contributed by atoms with van der Waals surface area (Å²) in [6, 6.07) is 14.4. The van der Waals surface area contributed by atoms with E-state index in [1.807, 2.05) is 47.4 Å². The maximum absolute atomic E-state index is 13.8. The molecule has 1 heterocycles. The molecule has 1 amide bonds. The number of halogens is 1. The molecular weight excluding hydrogens is 331 g/mol. The Labute approximate surface area is 153 Å². The van der Waals surface area contributed by atoms with Crippen LogP contribution in [-0.2, 0) is 11.3 Å². The summed E-state index contributed by atoms with van der Waals surface area (Å²) in [7, 11) is 1.63. The Hall–Kier alpha value is -2.66. The van der Waals surface area contributed by atoms with Gasteiger partial charge >= 0.3 is 0 Å². The van der Waals surface area contributed by atoms with Crippen LogP contribution in [0.1, 0.15) is 11.1 Å². The normalized spacial score (nSPS) is 15.4. The van der Waals surface area contributed by atoms with Crippen molar-refractivity contribution in [3.05, 3.63) is 71.6 Å². The van der Waals surface area contributed by atoms with E-state index < -0.39 is 0 Å². The van der Waals surface area contributed by atoms with Gasteiger partial charge in [-0.3, -0.25) is 9.69 Å². The maximum atomic E-state index is 13.8. The van der Waals surface area contributed by atoms with Crippen LogP contribution in [0.5, 0.6) is 5.75 Å². The Kier molecular flexibility index (Phi) is 6.02. The Morgan fingerprint density at radius 2 is 1.77 bits per heavy atom. The first-order valence-corrected chi connectivity index (χ1v) is 8.72. The number of ether oxygens (including phenoxy) is 1. The molecule has 5 heteroatoms. The highest BCUT2D eigenvalue weighted by Gasteiger charge is 2.20. The molecule has 2 aromatic rings. The minimum absolute atomic E-state index is 0.00589. The van der Waals surface area contributed by atoms with Crippen molar-refractivity contribution < 1.29 is 13.9 Å². The first-order valence-electron chi connectivity index (χ1n) is 8.72. The molecule has 0 radical (unpaired) electrons. The molecule has 0 N–H and O–H groups in total. The van der Waals surface area contributed by atoms with Crippen molar-refractivity contribution in [2.75, 3.05) is 33.3 Å². The van der Waals surface area contributed by atoms with E-state index in [-0.39, 0.29) is 11.7 Å². The fraction of sp³-hybridized carbons (Fsp3) is 0.286. The predicted octanol–water partition coefficient (Wildman–Crippen LogP) is 3.19. The number of carbonyl (C=O) groups is 1. The van der Waals surface area contributed by atoms with Gasteiger partial charge in [-0.25, -0.2) is 4.39 Å². The molecular formula is C21H23FN2O2. The highest BCUT2D eigenvalue weighted by molar-refractivity contribution is 5.91. The average Bonchev–Trinajstić information content (AvgIpc) is 2.69. The van der Waals surface area contributed by atoms with Crippen molar-refractivity contribution in [2.24, 2.45) is 0 Å². The zero-order valence-electron chi connectivity index (χ0n) is 14.9. The van der Waals surface area contributed by atoms with Crippen LogP contribution in [0.3, 0.4) is 0 Å². The van der Waals surface area contributed by atoms with Gasteiger partial charge in [-0.1, -0.05) is 30.3 Å². The molecule has 26 heavy (non-hydrogen) atoms. The van der Waals surface area contributed by atoms with E-state index in [4.69, 9.17) is 4.74 Å². The number of carbonyl (C=O) groups excluding carboxylic acids is 1. The van der Waals surface area contributed by atoms with Crippen molar-refractivity contribution in [3.8, 4) is 5.75 Å². The summed E-state index contributed by atoms with van der Waals surface area (Å²) in [5, 5.41) is 0. The lowest BCUT2D eigenvalue weighted by Crippen LogP contribution is -2.47. The lowest BCUT2D eigenvalue weighted by Gasteiger charge is -2.34. The fourth-order valence-electron chi connectivity index (χ4n) is 2.98. The number of amides is 1. The van der Waals surface area contributed by atoms with Gasteiger partial charge in [-0.2, -0.15) is 0 Å². The molecule has 1 fully saturated rings. The van der Waals surface area contributed by atoms with Gasteiger partial charge < -0.3 is 9.64 Å². The fourth-order valence-corrected chi connectivity index (χ4v) is 2.98. The molecule has 1 aliphatic rings. The van der Waals surface area contributed by atoms with Crippen LogP contribution in [0.4, 0.5) is 4.39 Å². The van der Waals surface area contributed by atoms with E-state index in [1.165, 1.54) is 6.07 Å². The first kappa shape index (κ1) is 18.1. The van der Waals surface area contributed by atoms with E-state index in [9.17, 15) is 9.18 Å². The lowest BCUT2D eigenvalue weighted by molar-refractivity contribution is -0.127. The SMILES string of the molecule is COc1ccc(/C=C/C(=O)N2CCN(Cc3ccccc3F)CC2)cc1. The quantitative estimate of drug-likeness (QED) is 0.773. The predicted molar refractivity (Wildman–Crippen MR) is 100 cm³/mol. The van der Waals surface area contributed by atoms with Gasteiger partial charge in [0.15, 0.2) is 0 Å². The summed E-state index contributed by atoms with van der Waals surface area (Å²) in [6.07, 6.45) is 3.42. The third-order valence-corrected chi connectivity index (χ3v) is 4.57. The molecule has 136 valence electrons. The maximum Gasteiger partial charge on any atom is 0.246 e. The minimum atomic E-state index is -0.173. The minimum Gasteiger partial charge on any atom is -0.497 e. The number of hydrogen-bond acceptors (Lipinski definition) is 3. The average molecular weight is 354 g/mol. The standard InChI is InChI=1S/C21H23FN2O2/c1-26-19-9-6-17(7-10-19)8-11-21(25)24-14-12-23(13-15-24)16-18-4-2-3-5-20(18)22/h2-11H,12-16H2,1H3/b11-8+. The molecule has 0 unspecified atom stereocenters. The molecule has 0 aliphatic carbocycles. The van der Waals surface area contributed by atoms with Gasteiger partial charge in [0, 0.05) is 44.4 Å². The Bertz CT molecular complexity index is 766. The summed E-state index contributed by atoms with van der Waals surface area (Å²) in [4.78, 5) is 16.4. The number of benzene rings is 2. The zero-order chi connectivity index (χ0) is 18.4. The summed E-state index contributed by atoms with van der Waals surface area (Å²) in [6.45, 7) is 3.38. The second-order valence-corrected chi connectivity index (χ2v) is 6.30. The lowest BCUT2D eigenvalue weighted by atomic mass is 10.1. The summed E-state index contributed by atoms with van der Waals surface area (Å²) in [5.41, 5.74) is 1.66. The number of rotatable bonds is 5. The Balaban J connectivity index is 1.50. The molecule has 3 rings (SSSR count). The van der Waals surface area contributed by atoms with Crippen molar-refractivity contribution >= 4 is 12.0 Å². The molecule has 1 saturated heterocycles.